The Hall–Kier alpha value is 1.54. The summed E-state index contributed by atoms with van der Waals surface area (Å²) in [7, 11) is 5.81. The molecule has 0 aliphatic carbocycles. The Labute approximate surface area is 156 Å². The summed E-state index contributed by atoms with van der Waals surface area (Å²) in [6.07, 6.45) is 23.2. The summed E-state index contributed by atoms with van der Waals surface area (Å²) in [6, 6.07) is 0. The Kier molecular flexibility index (Phi) is 23.1. The van der Waals surface area contributed by atoms with Crippen molar-refractivity contribution in [1.82, 2.24) is 0 Å². The van der Waals surface area contributed by atoms with Crippen LogP contribution in [0.15, 0.2) is 0 Å². The number of hydrogen-bond acceptors (Lipinski definition) is 0. The maximum atomic E-state index is 5.81. The molecular formula is C18H36BrClMg. The maximum Gasteiger partial charge on any atom is 0.501 e. The third kappa shape index (κ3) is 21.5. The van der Waals surface area contributed by atoms with Crippen molar-refractivity contribution >= 4 is 44.3 Å². The lowest BCUT2D eigenvalue weighted by molar-refractivity contribution is 0.532. The summed E-state index contributed by atoms with van der Waals surface area (Å²) in [5.74, 6) is 0. The van der Waals surface area contributed by atoms with E-state index in [1.807, 2.05) is 0 Å². The first-order chi connectivity index (χ1) is 10.4. The first-order valence-electron chi connectivity index (χ1n) is 9.53. The Morgan fingerprint density at radius 1 is 0.476 bits per heavy atom. The highest BCUT2D eigenvalue weighted by Crippen LogP contribution is 2.14. The molecule has 0 amide bonds. The second-order valence-electron chi connectivity index (χ2n) is 6.39. The van der Waals surface area contributed by atoms with Crippen molar-refractivity contribution in [2.75, 3.05) is 5.33 Å². The van der Waals surface area contributed by atoms with Gasteiger partial charge in [-0.15, -0.1) is 4.55 Å². The van der Waals surface area contributed by atoms with Gasteiger partial charge < -0.3 is 9.07 Å². The quantitative estimate of drug-likeness (QED) is 0.126. The Balaban J connectivity index is 2.90. The van der Waals surface area contributed by atoms with Crippen LogP contribution < -0.4 is 0 Å². The first kappa shape index (κ1) is 22.5. The molecule has 0 rings (SSSR count). The summed E-state index contributed by atoms with van der Waals surface area (Å²) in [6.45, 7) is 0. The highest BCUT2D eigenvalue weighted by atomic mass is 79.9. The van der Waals surface area contributed by atoms with E-state index in [1.54, 1.807) is 0 Å². The standard InChI is InChI=1S/C18H36Br.ClH.Mg/c1-2-3-4-5-6-7-8-9-10-11-12-13-14-15-16-17-18-19;;/h1-18H2;1H;/q;;+1/p-1. The summed E-state index contributed by atoms with van der Waals surface area (Å²) in [4.78, 5) is 0. The van der Waals surface area contributed by atoms with Crippen molar-refractivity contribution in [2.24, 2.45) is 0 Å². The van der Waals surface area contributed by atoms with E-state index < -0.39 is 0 Å². The van der Waals surface area contributed by atoms with E-state index in [1.165, 1.54) is 113 Å². The monoisotopic (exact) mass is 390 g/mol. The van der Waals surface area contributed by atoms with Crippen LogP contribution in [0.25, 0.3) is 0 Å². The highest BCUT2D eigenvalue weighted by molar-refractivity contribution is 9.09. The van der Waals surface area contributed by atoms with E-state index in [0.29, 0.717) is 0 Å². The van der Waals surface area contributed by atoms with Gasteiger partial charge in [-0.2, -0.15) is 0 Å². The van der Waals surface area contributed by atoms with Crippen molar-refractivity contribution in [2.45, 2.75) is 107 Å². The highest BCUT2D eigenvalue weighted by Gasteiger charge is 1.95. The predicted octanol–water partition coefficient (Wildman–Crippen LogP) is 7.90. The van der Waals surface area contributed by atoms with Crippen LogP contribution in [0.5, 0.6) is 0 Å². The van der Waals surface area contributed by atoms with Crippen LogP contribution in [0.3, 0.4) is 0 Å². The van der Waals surface area contributed by atoms with Crippen LogP contribution in [0.2, 0.25) is 4.55 Å². The fraction of sp³-hybridized carbons (Fsp3) is 1.00. The van der Waals surface area contributed by atoms with Gasteiger partial charge in [0.2, 0.25) is 0 Å². The van der Waals surface area contributed by atoms with E-state index in [4.69, 9.17) is 9.07 Å². The molecule has 0 saturated carbocycles. The van der Waals surface area contributed by atoms with Gasteiger partial charge in [-0.05, 0) is 6.42 Å². The number of rotatable bonds is 18. The zero-order chi connectivity index (χ0) is 15.4. The lowest BCUT2D eigenvalue weighted by Crippen LogP contribution is -1.84. The lowest BCUT2D eigenvalue weighted by Gasteiger charge is -2.03. The molecule has 0 spiro atoms. The van der Waals surface area contributed by atoms with Gasteiger partial charge in [-0.3, -0.25) is 0 Å². The molecule has 0 radical (unpaired) electrons. The second kappa shape index (κ2) is 21.5. The average molecular weight is 392 g/mol. The van der Waals surface area contributed by atoms with E-state index in [-0.39, 0.29) is 19.3 Å². The van der Waals surface area contributed by atoms with Crippen LogP contribution in [-0.2, 0) is 0 Å². The smallest absolute Gasteiger partial charge is 0.346 e. The largest absolute Gasteiger partial charge is 0.501 e. The molecule has 0 aromatic rings. The van der Waals surface area contributed by atoms with E-state index in [2.05, 4.69) is 15.9 Å². The minimum absolute atomic E-state index is 0.182. The zero-order valence-electron chi connectivity index (χ0n) is 14.2. The number of hydrogen-bond donors (Lipinski definition) is 0. The van der Waals surface area contributed by atoms with Crippen LogP contribution >= 0.6 is 25.0 Å². The van der Waals surface area contributed by atoms with Gasteiger partial charge in [0.25, 0.3) is 0 Å². The van der Waals surface area contributed by atoms with Gasteiger partial charge >= 0.3 is 19.3 Å². The predicted molar refractivity (Wildman–Crippen MR) is 104 cm³/mol. The Morgan fingerprint density at radius 2 is 0.762 bits per heavy atom. The van der Waals surface area contributed by atoms with E-state index in [0.717, 1.165) is 0 Å². The molecule has 0 bridgehead atoms. The third-order valence-electron chi connectivity index (χ3n) is 4.27. The number of alkyl halides is 1. The lowest BCUT2D eigenvalue weighted by atomic mass is 10.0. The maximum absolute atomic E-state index is 5.81. The zero-order valence-corrected chi connectivity index (χ0v) is 17.9. The molecule has 0 nitrogen and oxygen atoms in total. The number of halogens is 2. The van der Waals surface area contributed by atoms with Crippen LogP contribution in [0, 0.1) is 0 Å². The van der Waals surface area contributed by atoms with Gasteiger partial charge in [-0.25, -0.2) is 0 Å². The summed E-state index contributed by atoms with van der Waals surface area (Å²) in [5.41, 5.74) is 0. The summed E-state index contributed by atoms with van der Waals surface area (Å²) >= 11 is 3.31. The first-order valence-corrected chi connectivity index (χ1v) is 13.8. The molecule has 124 valence electrons. The van der Waals surface area contributed by atoms with Crippen LogP contribution in [0.1, 0.15) is 103 Å². The Morgan fingerprint density at radius 3 is 1.05 bits per heavy atom. The molecule has 0 aliphatic rings. The molecule has 3 heteroatoms. The number of unbranched alkanes of at least 4 members (excludes halogenated alkanes) is 15. The fourth-order valence-electron chi connectivity index (χ4n) is 2.84. The molecule has 0 atom stereocenters. The van der Waals surface area contributed by atoms with Gasteiger partial charge in [0, 0.05) is 5.33 Å². The molecule has 0 aromatic carbocycles. The molecule has 21 heavy (non-hydrogen) atoms. The van der Waals surface area contributed by atoms with Gasteiger partial charge in [0.15, 0.2) is 0 Å². The molecule has 0 saturated heterocycles. The van der Waals surface area contributed by atoms with Crippen molar-refractivity contribution < 1.29 is 0 Å². The van der Waals surface area contributed by atoms with Crippen molar-refractivity contribution in [3.63, 3.8) is 0 Å². The van der Waals surface area contributed by atoms with Crippen molar-refractivity contribution in [3.8, 4) is 0 Å². The molecule has 0 unspecified atom stereocenters. The molecule has 0 N–H and O–H groups in total. The van der Waals surface area contributed by atoms with Gasteiger partial charge in [0.05, 0.1) is 0 Å². The van der Waals surface area contributed by atoms with E-state index >= 15 is 0 Å². The van der Waals surface area contributed by atoms with Crippen LogP contribution in [-0.4, -0.2) is 24.6 Å². The average Bonchev–Trinajstić information content (AvgIpc) is 2.50. The minimum atomic E-state index is -0.182. The van der Waals surface area contributed by atoms with Crippen molar-refractivity contribution in [1.29, 1.82) is 0 Å². The third-order valence-corrected chi connectivity index (χ3v) is 6.40. The second-order valence-corrected chi connectivity index (χ2v) is 9.40. The van der Waals surface area contributed by atoms with Gasteiger partial charge in [0.1, 0.15) is 0 Å². The summed E-state index contributed by atoms with van der Waals surface area (Å²) < 4.78 is 1.35. The van der Waals surface area contributed by atoms with Gasteiger partial charge in [-0.1, -0.05) is 112 Å². The summed E-state index contributed by atoms with van der Waals surface area (Å²) in [5, 5.41) is 1.18. The SMILES string of the molecule is [Cl][Mg][CH2]CCCCCCCCCCCCCCCCCBr. The molecule has 0 aliphatic heterocycles. The van der Waals surface area contributed by atoms with Crippen molar-refractivity contribution in [3.05, 3.63) is 0 Å². The molecule has 0 fully saturated rings. The topological polar surface area (TPSA) is 0 Å². The minimum Gasteiger partial charge on any atom is -0.346 e. The fourth-order valence-corrected chi connectivity index (χ4v) is 4.35. The normalized spacial score (nSPS) is 10.8. The Bertz CT molecular complexity index is 161. The molecular weight excluding hydrogens is 356 g/mol. The van der Waals surface area contributed by atoms with Crippen LogP contribution in [0.4, 0.5) is 0 Å². The molecule has 0 heterocycles. The van der Waals surface area contributed by atoms with E-state index in [9.17, 15) is 0 Å². The molecule has 0 aromatic heterocycles.